The lowest BCUT2D eigenvalue weighted by molar-refractivity contribution is 0.236. The number of hydrogen-bond acceptors (Lipinski definition) is 5. The molecule has 1 aromatic carbocycles. The van der Waals surface area contributed by atoms with E-state index in [-0.39, 0.29) is 17.7 Å². The zero-order valence-corrected chi connectivity index (χ0v) is 14.0. The van der Waals surface area contributed by atoms with Gasteiger partial charge in [-0.05, 0) is 12.5 Å². The number of H-pyrrole nitrogens is 1. The van der Waals surface area contributed by atoms with Crippen molar-refractivity contribution < 1.29 is 13.2 Å². The van der Waals surface area contributed by atoms with Gasteiger partial charge in [0.2, 0.25) is 0 Å². The van der Waals surface area contributed by atoms with Gasteiger partial charge in [0.15, 0.2) is 11.6 Å². The summed E-state index contributed by atoms with van der Waals surface area (Å²) in [5, 5.41) is 0. The Bertz CT molecular complexity index is 1050. The van der Waals surface area contributed by atoms with Crippen LogP contribution in [0, 0.1) is 17.5 Å². The SMILES string of the molecule is O=c1[nH]c(-c2cncnc2)nc2c1CCN(Cc1cc(F)c(F)cc1F)C2. The maximum absolute atomic E-state index is 13.9. The topological polar surface area (TPSA) is 74.8 Å². The highest BCUT2D eigenvalue weighted by atomic mass is 19.2. The van der Waals surface area contributed by atoms with Crippen molar-refractivity contribution in [1.82, 2.24) is 24.8 Å². The van der Waals surface area contributed by atoms with Crippen molar-refractivity contribution in [3.05, 3.63) is 75.5 Å². The van der Waals surface area contributed by atoms with E-state index in [1.54, 1.807) is 0 Å². The first-order chi connectivity index (χ1) is 13.0. The molecule has 3 heterocycles. The first kappa shape index (κ1) is 17.3. The summed E-state index contributed by atoms with van der Waals surface area (Å²) in [6.07, 6.45) is 4.87. The van der Waals surface area contributed by atoms with Crippen LogP contribution in [-0.2, 0) is 19.5 Å². The molecule has 0 unspecified atom stereocenters. The molecule has 0 atom stereocenters. The predicted octanol–water partition coefficient (Wildman–Crippen LogP) is 2.20. The Labute approximate surface area is 151 Å². The monoisotopic (exact) mass is 373 g/mol. The van der Waals surface area contributed by atoms with E-state index in [4.69, 9.17) is 0 Å². The molecule has 6 nitrogen and oxygen atoms in total. The normalized spacial score (nSPS) is 14.2. The molecule has 0 fully saturated rings. The second kappa shape index (κ2) is 6.92. The molecule has 138 valence electrons. The van der Waals surface area contributed by atoms with Crippen molar-refractivity contribution >= 4 is 0 Å². The third-order valence-electron chi connectivity index (χ3n) is 4.47. The second-order valence-corrected chi connectivity index (χ2v) is 6.29. The molecular formula is C18H14F3N5O. The number of nitrogens with zero attached hydrogens (tertiary/aromatic N) is 4. The second-order valence-electron chi connectivity index (χ2n) is 6.29. The molecule has 1 N–H and O–H groups in total. The van der Waals surface area contributed by atoms with Gasteiger partial charge in [0, 0.05) is 49.2 Å². The lowest BCUT2D eigenvalue weighted by Gasteiger charge is -2.27. The van der Waals surface area contributed by atoms with Gasteiger partial charge in [0.1, 0.15) is 18.0 Å². The van der Waals surface area contributed by atoms with Crippen LogP contribution in [0.2, 0.25) is 0 Å². The van der Waals surface area contributed by atoms with Crippen LogP contribution in [-0.4, -0.2) is 31.4 Å². The van der Waals surface area contributed by atoms with Crippen LogP contribution in [0.4, 0.5) is 13.2 Å². The minimum absolute atomic E-state index is 0.0545. The summed E-state index contributed by atoms with van der Waals surface area (Å²) in [4.78, 5) is 29.2. The van der Waals surface area contributed by atoms with Crippen LogP contribution in [0.15, 0.2) is 35.6 Å². The molecule has 0 bridgehead atoms. The van der Waals surface area contributed by atoms with Gasteiger partial charge in [0.25, 0.3) is 5.56 Å². The fraction of sp³-hybridized carbons (Fsp3) is 0.222. The smallest absolute Gasteiger partial charge is 0.254 e. The highest BCUT2D eigenvalue weighted by Crippen LogP contribution is 2.21. The highest BCUT2D eigenvalue weighted by Gasteiger charge is 2.23. The molecule has 0 amide bonds. The number of halogens is 3. The zero-order chi connectivity index (χ0) is 19.0. The summed E-state index contributed by atoms with van der Waals surface area (Å²) in [6.45, 7) is 0.850. The van der Waals surface area contributed by atoms with Crippen molar-refractivity contribution in [2.24, 2.45) is 0 Å². The highest BCUT2D eigenvalue weighted by molar-refractivity contribution is 5.52. The third kappa shape index (κ3) is 3.45. The van der Waals surface area contributed by atoms with E-state index in [1.807, 2.05) is 4.90 Å². The Hall–Kier alpha value is -3.07. The fourth-order valence-corrected chi connectivity index (χ4v) is 3.11. The largest absolute Gasteiger partial charge is 0.306 e. The van der Waals surface area contributed by atoms with Gasteiger partial charge in [-0.25, -0.2) is 28.1 Å². The van der Waals surface area contributed by atoms with E-state index in [1.165, 1.54) is 18.7 Å². The van der Waals surface area contributed by atoms with E-state index >= 15 is 0 Å². The van der Waals surface area contributed by atoms with Crippen molar-refractivity contribution in [3.63, 3.8) is 0 Å². The van der Waals surface area contributed by atoms with E-state index < -0.39 is 17.5 Å². The minimum atomic E-state index is -1.22. The van der Waals surface area contributed by atoms with Gasteiger partial charge < -0.3 is 4.98 Å². The van der Waals surface area contributed by atoms with Crippen molar-refractivity contribution in [1.29, 1.82) is 0 Å². The molecule has 0 saturated carbocycles. The number of rotatable bonds is 3. The van der Waals surface area contributed by atoms with Crippen molar-refractivity contribution in [2.75, 3.05) is 6.54 Å². The van der Waals surface area contributed by atoms with E-state index in [9.17, 15) is 18.0 Å². The Kier molecular flexibility index (Phi) is 4.44. The number of aromatic nitrogens is 4. The number of benzene rings is 1. The predicted molar refractivity (Wildman–Crippen MR) is 90.0 cm³/mol. The number of fused-ring (bicyclic) bond motifs is 1. The van der Waals surface area contributed by atoms with Crippen LogP contribution >= 0.6 is 0 Å². The quantitative estimate of drug-likeness (QED) is 0.713. The first-order valence-electron chi connectivity index (χ1n) is 8.24. The Morgan fingerprint density at radius 1 is 1.07 bits per heavy atom. The summed E-state index contributed by atoms with van der Waals surface area (Å²) in [5.41, 5.74) is 1.52. The zero-order valence-electron chi connectivity index (χ0n) is 14.0. The fourth-order valence-electron chi connectivity index (χ4n) is 3.11. The van der Waals surface area contributed by atoms with E-state index in [2.05, 4.69) is 19.9 Å². The van der Waals surface area contributed by atoms with Crippen molar-refractivity contribution in [3.8, 4) is 11.4 Å². The first-order valence-corrected chi connectivity index (χ1v) is 8.24. The lowest BCUT2D eigenvalue weighted by atomic mass is 10.0. The van der Waals surface area contributed by atoms with E-state index in [0.717, 1.165) is 6.07 Å². The summed E-state index contributed by atoms with van der Waals surface area (Å²) < 4.78 is 40.4. The molecule has 0 aliphatic carbocycles. The van der Waals surface area contributed by atoms with Crippen molar-refractivity contribution in [2.45, 2.75) is 19.5 Å². The summed E-state index contributed by atoms with van der Waals surface area (Å²) >= 11 is 0. The van der Waals surface area contributed by atoms with Gasteiger partial charge in [-0.15, -0.1) is 0 Å². The average molecular weight is 373 g/mol. The Morgan fingerprint density at radius 2 is 1.81 bits per heavy atom. The number of hydrogen-bond donors (Lipinski definition) is 1. The Morgan fingerprint density at radius 3 is 2.59 bits per heavy atom. The van der Waals surface area contributed by atoms with Gasteiger partial charge in [-0.1, -0.05) is 0 Å². The molecule has 3 aromatic rings. The summed E-state index contributed by atoms with van der Waals surface area (Å²) in [7, 11) is 0. The summed E-state index contributed by atoms with van der Waals surface area (Å²) in [6, 6.07) is 1.40. The van der Waals surface area contributed by atoms with Crippen LogP contribution in [0.1, 0.15) is 16.8 Å². The lowest BCUT2D eigenvalue weighted by Crippen LogP contribution is -2.35. The molecule has 0 radical (unpaired) electrons. The van der Waals surface area contributed by atoms with Crippen LogP contribution in [0.3, 0.4) is 0 Å². The molecule has 4 rings (SSSR count). The number of aromatic amines is 1. The maximum atomic E-state index is 13.9. The Balaban J connectivity index is 1.62. The summed E-state index contributed by atoms with van der Waals surface area (Å²) in [5.74, 6) is -2.77. The standard InChI is InChI=1S/C18H14F3N5O/c19-13-4-15(21)14(20)3-10(13)7-26-2-1-12-16(8-26)24-17(25-18(12)27)11-5-22-9-23-6-11/h3-6,9H,1-2,7-8H2,(H,24,25,27). The molecule has 1 aliphatic rings. The van der Waals surface area contributed by atoms with Gasteiger partial charge in [-0.2, -0.15) is 0 Å². The molecule has 2 aromatic heterocycles. The molecule has 9 heteroatoms. The van der Waals surface area contributed by atoms with Crippen LogP contribution in [0.25, 0.3) is 11.4 Å². The number of nitrogens with one attached hydrogen (secondary N) is 1. The minimum Gasteiger partial charge on any atom is -0.306 e. The molecule has 0 spiro atoms. The van der Waals surface area contributed by atoms with Gasteiger partial charge >= 0.3 is 0 Å². The molecule has 1 aliphatic heterocycles. The molecule has 27 heavy (non-hydrogen) atoms. The van der Waals surface area contributed by atoms with Crippen LogP contribution < -0.4 is 5.56 Å². The van der Waals surface area contributed by atoms with Gasteiger partial charge in [-0.3, -0.25) is 9.69 Å². The maximum Gasteiger partial charge on any atom is 0.254 e. The average Bonchev–Trinajstić information content (AvgIpc) is 2.66. The van der Waals surface area contributed by atoms with Crippen LogP contribution in [0.5, 0.6) is 0 Å². The van der Waals surface area contributed by atoms with E-state index in [0.29, 0.717) is 48.2 Å². The third-order valence-corrected chi connectivity index (χ3v) is 4.47. The molecular weight excluding hydrogens is 359 g/mol. The van der Waals surface area contributed by atoms with Gasteiger partial charge in [0.05, 0.1) is 11.3 Å². The molecule has 0 saturated heterocycles.